The Bertz CT molecular complexity index is 126. The summed E-state index contributed by atoms with van der Waals surface area (Å²) in [7, 11) is 0. The molecule has 0 aliphatic heterocycles. The standard InChI is InChI=1S/C10H20NO2/c1-3-5-7-9-13-10(12)11-8-6-4-2/h3-9H2,1-2H3. The molecule has 1 radical (unpaired) electrons. The molecule has 0 aromatic rings. The van der Waals surface area contributed by atoms with Crippen molar-refractivity contribution < 1.29 is 9.53 Å². The third-order valence-corrected chi connectivity index (χ3v) is 1.73. The first-order valence-electron chi connectivity index (χ1n) is 5.15. The van der Waals surface area contributed by atoms with Gasteiger partial charge in [0.1, 0.15) is 0 Å². The summed E-state index contributed by atoms with van der Waals surface area (Å²) >= 11 is 0. The molecule has 0 unspecified atom stereocenters. The molecule has 0 spiro atoms. The number of nitrogens with zero attached hydrogens (tertiary/aromatic N) is 1. The summed E-state index contributed by atoms with van der Waals surface area (Å²) < 4.78 is 4.89. The van der Waals surface area contributed by atoms with Crippen LogP contribution in [0.4, 0.5) is 4.79 Å². The van der Waals surface area contributed by atoms with Gasteiger partial charge in [0, 0.05) is 6.54 Å². The van der Waals surface area contributed by atoms with E-state index in [-0.39, 0.29) is 0 Å². The van der Waals surface area contributed by atoms with E-state index in [0.29, 0.717) is 13.2 Å². The van der Waals surface area contributed by atoms with Gasteiger partial charge in [0.2, 0.25) is 0 Å². The SMILES string of the molecule is CCCCCOC(=O)[N]CCCC. The van der Waals surface area contributed by atoms with E-state index in [0.717, 1.165) is 32.1 Å². The van der Waals surface area contributed by atoms with E-state index in [2.05, 4.69) is 19.2 Å². The molecule has 0 saturated carbocycles. The third-order valence-electron chi connectivity index (χ3n) is 1.73. The number of ether oxygens (including phenoxy) is 1. The van der Waals surface area contributed by atoms with Crippen molar-refractivity contribution in [1.29, 1.82) is 0 Å². The average molecular weight is 186 g/mol. The van der Waals surface area contributed by atoms with Crippen molar-refractivity contribution in [3.8, 4) is 0 Å². The van der Waals surface area contributed by atoms with Crippen molar-refractivity contribution in [3.05, 3.63) is 0 Å². The molecular weight excluding hydrogens is 166 g/mol. The van der Waals surface area contributed by atoms with Gasteiger partial charge in [0.15, 0.2) is 0 Å². The van der Waals surface area contributed by atoms with E-state index in [4.69, 9.17) is 4.74 Å². The fourth-order valence-corrected chi connectivity index (χ4v) is 0.886. The summed E-state index contributed by atoms with van der Waals surface area (Å²) in [4.78, 5) is 10.9. The molecule has 0 saturated heterocycles. The molecule has 0 aliphatic carbocycles. The van der Waals surface area contributed by atoms with Gasteiger partial charge in [0.25, 0.3) is 0 Å². The second-order valence-electron chi connectivity index (χ2n) is 3.06. The lowest BCUT2D eigenvalue weighted by molar-refractivity contribution is 0.143. The maximum Gasteiger partial charge on any atom is 0.428 e. The fraction of sp³-hybridized carbons (Fsp3) is 0.900. The Morgan fingerprint density at radius 2 is 1.85 bits per heavy atom. The Morgan fingerprint density at radius 1 is 1.15 bits per heavy atom. The molecule has 0 aromatic carbocycles. The number of hydrogen-bond acceptors (Lipinski definition) is 2. The van der Waals surface area contributed by atoms with Crippen molar-refractivity contribution >= 4 is 6.09 Å². The van der Waals surface area contributed by atoms with Gasteiger partial charge in [-0.05, 0) is 12.8 Å². The summed E-state index contributed by atoms with van der Waals surface area (Å²) in [6.45, 7) is 5.31. The zero-order chi connectivity index (χ0) is 9.94. The maximum absolute atomic E-state index is 10.9. The second kappa shape index (κ2) is 9.36. The molecule has 0 atom stereocenters. The topological polar surface area (TPSA) is 40.4 Å². The second-order valence-corrected chi connectivity index (χ2v) is 3.06. The lowest BCUT2D eigenvalue weighted by atomic mass is 10.3. The number of amides is 1. The molecule has 0 fully saturated rings. The molecule has 0 N–H and O–H groups in total. The molecule has 1 amide bonds. The quantitative estimate of drug-likeness (QED) is 0.573. The van der Waals surface area contributed by atoms with E-state index in [1.54, 1.807) is 0 Å². The number of unbranched alkanes of at least 4 members (excludes halogenated alkanes) is 3. The van der Waals surface area contributed by atoms with Gasteiger partial charge in [0.05, 0.1) is 6.61 Å². The first-order valence-corrected chi connectivity index (χ1v) is 5.15. The minimum atomic E-state index is -0.399. The van der Waals surface area contributed by atoms with Crippen LogP contribution >= 0.6 is 0 Å². The van der Waals surface area contributed by atoms with Gasteiger partial charge in [-0.3, -0.25) is 0 Å². The molecular formula is C10H20NO2. The van der Waals surface area contributed by atoms with Gasteiger partial charge < -0.3 is 4.74 Å². The maximum atomic E-state index is 10.9. The summed E-state index contributed by atoms with van der Waals surface area (Å²) in [6, 6.07) is 0. The molecule has 13 heavy (non-hydrogen) atoms. The highest BCUT2D eigenvalue weighted by molar-refractivity contribution is 5.66. The van der Waals surface area contributed by atoms with Gasteiger partial charge in [-0.15, -0.1) is 0 Å². The van der Waals surface area contributed by atoms with Crippen LogP contribution in [0.15, 0.2) is 0 Å². The lowest BCUT2D eigenvalue weighted by Gasteiger charge is -2.03. The Morgan fingerprint density at radius 3 is 2.46 bits per heavy atom. The summed E-state index contributed by atoms with van der Waals surface area (Å²) in [6.07, 6.45) is 4.83. The van der Waals surface area contributed by atoms with Crippen molar-refractivity contribution in [3.63, 3.8) is 0 Å². The van der Waals surface area contributed by atoms with Crippen molar-refractivity contribution in [2.75, 3.05) is 13.2 Å². The summed E-state index contributed by atoms with van der Waals surface area (Å²) in [5.41, 5.74) is 0. The van der Waals surface area contributed by atoms with Gasteiger partial charge >= 0.3 is 6.09 Å². The monoisotopic (exact) mass is 186 g/mol. The third kappa shape index (κ3) is 9.18. The average Bonchev–Trinajstić information content (AvgIpc) is 2.13. The van der Waals surface area contributed by atoms with Crippen LogP contribution in [0.25, 0.3) is 0 Å². The highest BCUT2D eigenvalue weighted by Crippen LogP contribution is 1.94. The molecule has 0 aromatic heterocycles. The van der Waals surface area contributed by atoms with Crippen LogP contribution in [-0.2, 0) is 4.74 Å². The fourth-order valence-electron chi connectivity index (χ4n) is 0.886. The highest BCUT2D eigenvalue weighted by Gasteiger charge is 2.01. The molecule has 0 aliphatic rings. The Balaban J connectivity index is 3.11. The van der Waals surface area contributed by atoms with E-state index in [1.165, 1.54) is 0 Å². The van der Waals surface area contributed by atoms with Crippen molar-refractivity contribution in [1.82, 2.24) is 5.32 Å². The largest absolute Gasteiger partial charge is 0.448 e. The summed E-state index contributed by atoms with van der Waals surface area (Å²) in [5, 5.41) is 3.75. The molecule has 0 bridgehead atoms. The van der Waals surface area contributed by atoms with Crippen molar-refractivity contribution in [2.45, 2.75) is 46.0 Å². The highest BCUT2D eigenvalue weighted by atomic mass is 16.5. The Kier molecular flexibility index (Phi) is 8.83. The lowest BCUT2D eigenvalue weighted by Crippen LogP contribution is -2.18. The zero-order valence-corrected chi connectivity index (χ0v) is 8.71. The normalized spacial score (nSPS) is 9.69. The van der Waals surface area contributed by atoms with E-state index >= 15 is 0 Å². The van der Waals surface area contributed by atoms with Crippen LogP contribution in [-0.4, -0.2) is 19.2 Å². The van der Waals surface area contributed by atoms with Crippen LogP contribution in [0.1, 0.15) is 46.0 Å². The van der Waals surface area contributed by atoms with E-state index < -0.39 is 6.09 Å². The van der Waals surface area contributed by atoms with Crippen LogP contribution in [0, 0.1) is 0 Å². The first-order chi connectivity index (χ1) is 6.31. The molecule has 0 rings (SSSR count). The zero-order valence-electron chi connectivity index (χ0n) is 8.71. The number of carbonyl (C=O) groups is 1. The summed E-state index contributed by atoms with van der Waals surface area (Å²) in [5.74, 6) is 0. The molecule has 3 heteroatoms. The van der Waals surface area contributed by atoms with Crippen LogP contribution in [0.3, 0.4) is 0 Å². The van der Waals surface area contributed by atoms with E-state index in [9.17, 15) is 4.79 Å². The Hall–Kier alpha value is -0.730. The van der Waals surface area contributed by atoms with Crippen LogP contribution < -0.4 is 5.32 Å². The van der Waals surface area contributed by atoms with Gasteiger partial charge in [-0.25, -0.2) is 10.1 Å². The minimum Gasteiger partial charge on any atom is -0.448 e. The number of carbonyl (C=O) groups excluding carboxylic acids is 1. The van der Waals surface area contributed by atoms with Gasteiger partial charge in [-0.1, -0.05) is 33.1 Å². The predicted octanol–water partition coefficient (Wildman–Crippen LogP) is 2.72. The van der Waals surface area contributed by atoms with Crippen LogP contribution in [0.2, 0.25) is 0 Å². The minimum absolute atomic E-state index is 0.399. The number of hydrogen-bond donors (Lipinski definition) is 0. The van der Waals surface area contributed by atoms with Gasteiger partial charge in [-0.2, -0.15) is 0 Å². The van der Waals surface area contributed by atoms with E-state index in [1.807, 2.05) is 0 Å². The number of rotatable bonds is 7. The van der Waals surface area contributed by atoms with Crippen molar-refractivity contribution in [2.24, 2.45) is 0 Å². The smallest absolute Gasteiger partial charge is 0.428 e. The first kappa shape index (κ1) is 12.3. The molecule has 0 heterocycles. The molecule has 3 nitrogen and oxygen atoms in total. The molecule has 77 valence electrons. The Labute approximate surface area is 80.8 Å². The predicted molar refractivity (Wildman–Crippen MR) is 52.8 cm³/mol. The van der Waals surface area contributed by atoms with Crippen LogP contribution in [0.5, 0.6) is 0 Å².